The third-order valence-corrected chi connectivity index (χ3v) is 5.45. The van der Waals surface area contributed by atoms with Crippen LogP contribution in [0.5, 0.6) is 11.5 Å². The van der Waals surface area contributed by atoms with Gasteiger partial charge in [-0.2, -0.15) is 5.26 Å². The minimum Gasteiger partial charge on any atom is -0.493 e. The number of nitriles is 1. The van der Waals surface area contributed by atoms with Crippen LogP contribution in [0, 0.1) is 21.4 Å². The Balaban J connectivity index is 1.75. The van der Waals surface area contributed by atoms with E-state index < -0.39 is 0 Å². The molecule has 1 N–H and O–H groups in total. The largest absolute Gasteiger partial charge is 0.493 e. The SMILES string of the molecule is COc1cc2c(C#N)cnc(N3CCNC(c4cccc([N+](=O)[O-])c4)C3)c2cc1OC. The normalized spacial score (nSPS) is 16.0. The van der Waals surface area contributed by atoms with Crippen molar-refractivity contribution in [3.63, 3.8) is 0 Å². The molecule has 9 heteroatoms. The number of nitro groups is 1. The zero-order valence-corrected chi connectivity index (χ0v) is 17.2. The van der Waals surface area contributed by atoms with E-state index in [1.165, 1.54) is 6.07 Å². The predicted molar refractivity (Wildman–Crippen MR) is 116 cm³/mol. The number of nitrogens with zero attached hydrogens (tertiary/aromatic N) is 4. The second-order valence-corrected chi connectivity index (χ2v) is 7.16. The summed E-state index contributed by atoms with van der Waals surface area (Å²) in [6.45, 7) is 1.96. The monoisotopic (exact) mass is 419 g/mol. The number of rotatable bonds is 5. The number of piperazine rings is 1. The Morgan fingerprint density at radius 3 is 2.65 bits per heavy atom. The summed E-state index contributed by atoms with van der Waals surface area (Å²) in [7, 11) is 3.12. The lowest BCUT2D eigenvalue weighted by atomic mass is 10.0. The van der Waals surface area contributed by atoms with Crippen molar-refractivity contribution in [1.82, 2.24) is 10.3 Å². The fraction of sp³-hybridized carbons (Fsp3) is 0.273. The molecule has 1 aliphatic rings. The lowest BCUT2D eigenvalue weighted by Crippen LogP contribution is -2.46. The van der Waals surface area contributed by atoms with Crippen LogP contribution in [-0.4, -0.2) is 43.8 Å². The lowest BCUT2D eigenvalue weighted by Gasteiger charge is -2.35. The summed E-state index contributed by atoms with van der Waals surface area (Å²) >= 11 is 0. The highest BCUT2D eigenvalue weighted by Gasteiger charge is 2.25. The van der Waals surface area contributed by atoms with E-state index in [1.54, 1.807) is 38.6 Å². The van der Waals surface area contributed by atoms with Gasteiger partial charge >= 0.3 is 0 Å². The summed E-state index contributed by atoms with van der Waals surface area (Å²) in [6.07, 6.45) is 1.56. The van der Waals surface area contributed by atoms with Crippen molar-refractivity contribution in [3.8, 4) is 17.6 Å². The molecule has 4 rings (SSSR count). The maximum absolute atomic E-state index is 11.2. The predicted octanol–water partition coefficient (Wildman–Crippen LogP) is 3.18. The van der Waals surface area contributed by atoms with Crippen molar-refractivity contribution in [2.75, 3.05) is 38.8 Å². The number of nitro benzene ring substituents is 1. The van der Waals surface area contributed by atoms with Crippen molar-refractivity contribution in [3.05, 3.63) is 63.8 Å². The van der Waals surface area contributed by atoms with Gasteiger partial charge in [-0.05, 0) is 17.7 Å². The molecule has 2 heterocycles. The van der Waals surface area contributed by atoms with E-state index in [9.17, 15) is 15.4 Å². The van der Waals surface area contributed by atoms with E-state index in [0.29, 0.717) is 36.7 Å². The molecule has 1 unspecified atom stereocenters. The van der Waals surface area contributed by atoms with Crippen LogP contribution in [0.4, 0.5) is 11.5 Å². The first-order chi connectivity index (χ1) is 15.0. The smallest absolute Gasteiger partial charge is 0.269 e. The Labute approximate surface area is 179 Å². The van der Waals surface area contributed by atoms with E-state index in [4.69, 9.17) is 9.47 Å². The van der Waals surface area contributed by atoms with Gasteiger partial charge in [0, 0.05) is 48.7 Å². The number of methoxy groups -OCH3 is 2. The van der Waals surface area contributed by atoms with Gasteiger partial charge in [0.25, 0.3) is 5.69 Å². The molecule has 0 spiro atoms. The molecule has 0 radical (unpaired) electrons. The highest BCUT2D eigenvalue weighted by Crippen LogP contribution is 2.38. The molecule has 158 valence electrons. The third kappa shape index (κ3) is 3.81. The van der Waals surface area contributed by atoms with Crippen molar-refractivity contribution in [1.29, 1.82) is 5.26 Å². The van der Waals surface area contributed by atoms with Gasteiger partial charge in [-0.15, -0.1) is 0 Å². The van der Waals surface area contributed by atoms with Gasteiger partial charge in [0.1, 0.15) is 11.9 Å². The van der Waals surface area contributed by atoms with Crippen LogP contribution in [0.1, 0.15) is 17.2 Å². The number of hydrogen-bond acceptors (Lipinski definition) is 8. The molecule has 1 fully saturated rings. The summed E-state index contributed by atoms with van der Waals surface area (Å²) < 4.78 is 10.9. The third-order valence-electron chi connectivity index (χ3n) is 5.45. The highest BCUT2D eigenvalue weighted by atomic mass is 16.6. The Morgan fingerprint density at radius 2 is 1.97 bits per heavy atom. The van der Waals surface area contributed by atoms with Gasteiger partial charge in [-0.3, -0.25) is 10.1 Å². The number of fused-ring (bicyclic) bond motifs is 1. The van der Waals surface area contributed by atoms with Gasteiger partial charge in [-0.25, -0.2) is 4.98 Å². The number of pyridine rings is 1. The molecular formula is C22H21N5O4. The fourth-order valence-electron chi connectivity index (χ4n) is 3.91. The molecular weight excluding hydrogens is 398 g/mol. The summed E-state index contributed by atoms with van der Waals surface area (Å²) in [5, 5.41) is 25.6. The summed E-state index contributed by atoms with van der Waals surface area (Å²) in [5.74, 6) is 1.82. The van der Waals surface area contributed by atoms with Gasteiger partial charge in [0.05, 0.1) is 30.7 Å². The molecule has 0 bridgehead atoms. The van der Waals surface area contributed by atoms with Crippen molar-refractivity contribution in [2.45, 2.75) is 6.04 Å². The first-order valence-corrected chi connectivity index (χ1v) is 9.73. The number of benzene rings is 2. The van der Waals surface area contributed by atoms with E-state index in [0.717, 1.165) is 22.2 Å². The maximum atomic E-state index is 11.2. The number of nitrogens with one attached hydrogen (secondary N) is 1. The molecule has 1 aromatic heterocycles. The quantitative estimate of drug-likeness (QED) is 0.495. The van der Waals surface area contributed by atoms with E-state index in [-0.39, 0.29) is 16.7 Å². The molecule has 1 atom stereocenters. The molecule has 1 aliphatic heterocycles. The minimum atomic E-state index is -0.389. The molecule has 1 saturated heterocycles. The number of non-ortho nitro benzene ring substituents is 1. The molecule has 0 saturated carbocycles. The first-order valence-electron chi connectivity index (χ1n) is 9.73. The summed E-state index contributed by atoms with van der Waals surface area (Å²) in [4.78, 5) is 17.5. The second-order valence-electron chi connectivity index (χ2n) is 7.16. The number of ether oxygens (including phenoxy) is 2. The highest BCUT2D eigenvalue weighted by molar-refractivity contribution is 5.98. The zero-order valence-electron chi connectivity index (χ0n) is 17.2. The topological polar surface area (TPSA) is 114 Å². The van der Waals surface area contributed by atoms with Crippen molar-refractivity contribution in [2.24, 2.45) is 0 Å². The lowest BCUT2D eigenvalue weighted by molar-refractivity contribution is -0.384. The first kappa shape index (κ1) is 20.4. The minimum absolute atomic E-state index is 0.0650. The van der Waals surface area contributed by atoms with Crippen LogP contribution in [0.15, 0.2) is 42.6 Å². The van der Waals surface area contributed by atoms with Gasteiger partial charge in [-0.1, -0.05) is 12.1 Å². The van der Waals surface area contributed by atoms with Gasteiger partial charge < -0.3 is 19.7 Å². The fourth-order valence-corrected chi connectivity index (χ4v) is 3.91. The van der Waals surface area contributed by atoms with Crippen LogP contribution >= 0.6 is 0 Å². The molecule has 9 nitrogen and oxygen atoms in total. The van der Waals surface area contributed by atoms with Crippen LogP contribution in [0.2, 0.25) is 0 Å². The molecule has 0 aliphatic carbocycles. The average molecular weight is 419 g/mol. The Morgan fingerprint density at radius 1 is 1.23 bits per heavy atom. The van der Waals surface area contributed by atoms with Crippen molar-refractivity contribution >= 4 is 22.3 Å². The number of aromatic nitrogens is 1. The molecule has 2 aromatic carbocycles. The van der Waals surface area contributed by atoms with Crippen LogP contribution in [0.3, 0.4) is 0 Å². The second kappa shape index (κ2) is 8.45. The Kier molecular flexibility index (Phi) is 5.56. The van der Waals surface area contributed by atoms with Crippen LogP contribution in [0.25, 0.3) is 10.8 Å². The Hall–Kier alpha value is -3.90. The van der Waals surface area contributed by atoms with Gasteiger partial charge in [0.2, 0.25) is 0 Å². The molecule has 31 heavy (non-hydrogen) atoms. The molecule has 0 amide bonds. The standard InChI is InChI=1S/C22H21N5O4/c1-30-20-9-17-15(11-23)12-25-22(18(17)10-21(20)31-2)26-7-6-24-19(13-26)14-4-3-5-16(8-14)27(28)29/h3-5,8-10,12,19,24H,6-7,13H2,1-2H3. The van der Waals surface area contributed by atoms with Gasteiger partial charge in [0.15, 0.2) is 11.5 Å². The van der Waals surface area contributed by atoms with Crippen LogP contribution < -0.4 is 19.7 Å². The Bertz CT molecular complexity index is 1190. The molecule has 3 aromatic rings. The maximum Gasteiger partial charge on any atom is 0.269 e. The van der Waals surface area contributed by atoms with E-state index >= 15 is 0 Å². The van der Waals surface area contributed by atoms with Crippen molar-refractivity contribution < 1.29 is 14.4 Å². The van der Waals surface area contributed by atoms with E-state index in [2.05, 4.69) is 21.3 Å². The number of anilines is 1. The zero-order chi connectivity index (χ0) is 22.0. The van der Waals surface area contributed by atoms with Crippen LogP contribution in [-0.2, 0) is 0 Å². The number of hydrogen-bond donors (Lipinski definition) is 1. The summed E-state index contributed by atoms with van der Waals surface area (Å²) in [5.41, 5.74) is 1.36. The average Bonchev–Trinajstić information content (AvgIpc) is 2.82. The van der Waals surface area contributed by atoms with E-state index in [1.807, 2.05) is 12.1 Å². The summed E-state index contributed by atoms with van der Waals surface area (Å²) in [6, 6.07) is 12.4.